The van der Waals surface area contributed by atoms with Crippen LogP contribution < -0.4 is 0 Å². The van der Waals surface area contributed by atoms with Gasteiger partial charge in [0, 0.05) is 63.6 Å². The van der Waals surface area contributed by atoms with E-state index in [9.17, 15) is 0 Å². The van der Waals surface area contributed by atoms with Crippen LogP contribution in [0.4, 0.5) is 0 Å². The van der Waals surface area contributed by atoms with Crippen LogP contribution >= 0.6 is 11.6 Å². The maximum absolute atomic E-state index is 6.07. The highest BCUT2D eigenvalue weighted by molar-refractivity contribution is 6.30. The Balaban J connectivity index is 1.43. The number of rotatable bonds is 4. The number of nitrogens with zero attached hydrogens (tertiary/aromatic N) is 4. The quantitative estimate of drug-likeness (QED) is 0.840. The van der Waals surface area contributed by atoms with E-state index >= 15 is 0 Å². The van der Waals surface area contributed by atoms with Crippen molar-refractivity contribution in [1.29, 1.82) is 0 Å². The van der Waals surface area contributed by atoms with E-state index < -0.39 is 0 Å². The van der Waals surface area contributed by atoms with Gasteiger partial charge in [0.05, 0.1) is 17.7 Å². The van der Waals surface area contributed by atoms with Crippen molar-refractivity contribution in [2.24, 2.45) is 0 Å². The molecule has 6 heteroatoms. The molecule has 2 aromatic heterocycles. The third-order valence-corrected chi connectivity index (χ3v) is 5.29. The van der Waals surface area contributed by atoms with Gasteiger partial charge in [-0.25, -0.2) is 0 Å². The fourth-order valence-corrected chi connectivity index (χ4v) is 4.07. The Morgan fingerprint density at radius 3 is 2.80 bits per heavy atom. The molecule has 0 unspecified atom stereocenters. The Kier molecular flexibility index (Phi) is 5.27. The summed E-state index contributed by atoms with van der Waals surface area (Å²) in [5.74, 6) is 0. The van der Waals surface area contributed by atoms with E-state index in [1.54, 1.807) is 6.20 Å². The van der Waals surface area contributed by atoms with Crippen molar-refractivity contribution in [2.45, 2.75) is 31.7 Å². The van der Waals surface area contributed by atoms with Crippen molar-refractivity contribution in [2.75, 3.05) is 26.2 Å². The SMILES string of the molecule is Clc1cncc(CN2CC[C@@H]3OCCN(Cc4ccncc4)[C@H]3C2)c1. The molecule has 0 bridgehead atoms. The Morgan fingerprint density at radius 2 is 1.96 bits per heavy atom. The van der Waals surface area contributed by atoms with E-state index in [4.69, 9.17) is 16.3 Å². The third kappa shape index (κ3) is 4.18. The highest BCUT2D eigenvalue weighted by atomic mass is 35.5. The van der Waals surface area contributed by atoms with E-state index in [2.05, 4.69) is 31.9 Å². The number of halogens is 1. The van der Waals surface area contributed by atoms with Crippen LogP contribution in [-0.4, -0.2) is 58.2 Å². The van der Waals surface area contributed by atoms with E-state index in [0.29, 0.717) is 17.2 Å². The number of likely N-dealkylation sites (tertiary alicyclic amines) is 1. The predicted molar refractivity (Wildman–Crippen MR) is 97.3 cm³/mol. The molecular formula is C19H23ClN4O. The van der Waals surface area contributed by atoms with Crippen LogP contribution in [0.2, 0.25) is 5.02 Å². The molecule has 132 valence electrons. The summed E-state index contributed by atoms with van der Waals surface area (Å²) < 4.78 is 6.05. The number of ether oxygens (including phenoxy) is 1. The summed E-state index contributed by atoms with van der Waals surface area (Å²) in [5.41, 5.74) is 2.48. The molecule has 2 fully saturated rings. The van der Waals surface area contributed by atoms with Crippen molar-refractivity contribution in [3.8, 4) is 0 Å². The molecular weight excluding hydrogens is 336 g/mol. The maximum atomic E-state index is 6.07. The van der Waals surface area contributed by atoms with Crippen molar-refractivity contribution < 1.29 is 4.74 Å². The number of hydrogen-bond acceptors (Lipinski definition) is 5. The van der Waals surface area contributed by atoms with Crippen LogP contribution in [0.5, 0.6) is 0 Å². The second-order valence-corrected chi connectivity index (χ2v) is 7.27. The number of piperidine rings is 1. The lowest BCUT2D eigenvalue weighted by atomic mass is 9.97. The first kappa shape index (κ1) is 16.9. The molecule has 0 amide bonds. The summed E-state index contributed by atoms with van der Waals surface area (Å²) in [6.45, 7) is 5.72. The Morgan fingerprint density at radius 1 is 1.08 bits per heavy atom. The normalized spacial score (nSPS) is 24.8. The standard InChI is InChI=1S/C19H23ClN4O/c20-17-9-16(10-22-11-17)12-23-6-3-19-18(14-23)24(7-8-25-19)13-15-1-4-21-5-2-15/h1-2,4-5,9-11,18-19H,3,6-8,12-14H2/t18-,19-/m0/s1. The zero-order chi connectivity index (χ0) is 17.1. The second kappa shape index (κ2) is 7.79. The number of aromatic nitrogens is 2. The average Bonchev–Trinajstić information content (AvgIpc) is 2.63. The molecule has 0 radical (unpaired) electrons. The van der Waals surface area contributed by atoms with E-state index in [1.807, 2.05) is 24.7 Å². The molecule has 25 heavy (non-hydrogen) atoms. The third-order valence-electron chi connectivity index (χ3n) is 5.09. The predicted octanol–water partition coefficient (Wildman–Crippen LogP) is 2.61. The minimum absolute atomic E-state index is 0.337. The molecule has 2 saturated heterocycles. The lowest BCUT2D eigenvalue weighted by molar-refractivity contribution is -0.107. The van der Waals surface area contributed by atoms with Crippen LogP contribution in [0.1, 0.15) is 17.5 Å². The molecule has 2 aliphatic heterocycles. The van der Waals surface area contributed by atoms with Crippen LogP contribution in [0.25, 0.3) is 0 Å². The van der Waals surface area contributed by atoms with Gasteiger partial charge in [0.25, 0.3) is 0 Å². The molecule has 0 aliphatic carbocycles. The van der Waals surface area contributed by atoms with Crippen molar-refractivity contribution in [1.82, 2.24) is 19.8 Å². The first-order chi connectivity index (χ1) is 12.3. The van der Waals surface area contributed by atoms with Gasteiger partial charge in [0.2, 0.25) is 0 Å². The van der Waals surface area contributed by atoms with Crippen molar-refractivity contribution in [3.05, 3.63) is 59.1 Å². The summed E-state index contributed by atoms with van der Waals surface area (Å²) in [6, 6.07) is 6.64. The number of pyridine rings is 2. The summed E-state index contributed by atoms with van der Waals surface area (Å²) >= 11 is 6.07. The molecule has 0 aromatic carbocycles. The lowest BCUT2D eigenvalue weighted by Gasteiger charge is -2.47. The molecule has 5 nitrogen and oxygen atoms in total. The first-order valence-corrected chi connectivity index (χ1v) is 9.22. The smallest absolute Gasteiger partial charge is 0.0755 e. The van der Waals surface area contributed by atoms with Gasteiger partial charge in [0.1, 0.15) is 0 Å². The summed E-state index contributed by atoms with van der Waals surface area (Å²) in [5, 5.41) is 0.702. The van der Waals surface area contributed by atoms with Gasteiger partial charge in [0.15, 0.2) is 0 Å². The minimum Gasteiger partial charge on any atom is -0.375 e. The largest absolute Gasteiger partial charge is 0.375 e. The second-order valence-electron chi connectivity index (χ2n) is 6.84. The van der Waals surface area contributed by atoms with Crippen LogP contribution in [0.15, 0.2) is 43.0 Å². The highest BCUT2D eigenvalue weighted by Gasteiger charge is 2.36. The van der Waals surface area contributed by atoms with E-state index in [1.165, 1.54) is 11.1 Å². The van der Waals surface area contributed by atoms with Crippen molar-refractivity contribution >= 4 is 11.6 Å². The zero-order valence-corrected chi connectivity index (χ0v) is 15.0. The highest BCUT2D eigenvalue weighted by Crippen LogP contribution is 2.25. The molecule has 0 N–H and O–H groups in total. The molecule has 4 rings (SSSR count). The first-order valence-electron chi connectivity index (χ1n) is 8.84. The number of morpholine rings is 1. The monoisotopic (exact) mass is 358 g/mol. The van der Waals surface area contributed by atoms with Crippen LogP contribution in [-0.2, 0) is 17.8 Å². The topological polar surface area (TPSA) is 41.5 Å². The molecule has 0 saturated carbocycles. The number of hydrogen-bond donors (Lipinski definition) is 0. The van der Waals surface area contributed by atoms with Gasteiger partial charge in [-0.05, 0) is 35.7 Å². The van der Waals surface area contributed by atoms with Gasteiger partial charge < -0.3 is 4.74 Å². The molecule has 4 heterocycles. The summed E-state index contributed by atoms with van der Waals surface area (Å²) in [4.78, 5) is 13.4. The van der Waals surface area contributed by atoms with Gasteiger partial charge in [-0.3, -0.25) is 19.8 Å². The molecule has 0 spiro atoms. The maximum Gasteiger partial charge on any atom is 0.0755 e. The Bertz CT molecular complexity index is 699. The summed E-state index contributed by atoms with van der Waals surface area (Å²) in [7, 11) is 0. The summed E-state index contributed by atoms with van der Waals surface area (Å²) in [6.07, 6.45) is 8.74. The Labute approximate surface area is 153 Å². The molecule has 2 atom stereocenters. The molecule has 2 aliphatic rings. The van der Waals surface area contributed by atoms with E-state index in [-0.39, 0.29) is 0 Å². The van der Waals surface area contributed by atoms with Crippen LogP contribution in [0.3, 0.4) is 0 Å². The van der Waals surface area contributed by atoms with Gasteiger partial charge in [-0.15, -0.1) is 0 Å². The fraction of sp³-hybridized carbons (Fsp3) is 0.474. The minimum atomic E-state index is 0.337. The van der Waals surface area contributed by atoms with E-state index in [0.717, 1.165) is 45.8 Å². The fourth-order valence-electron chi connectivity index (χ4n) is 3.87. The zero-order valence-electron chi connectivity index (χ0n) is 14.2. The average molecular weight is 359 g/mol. The Hall–Kier alpha value is -1.53. The van der Waals surface area contributed by atoms with Gasteiger partial charge in [-0.1, -0.05) is 11.6 Å². The number of fused-ring (bicyclic) bond motifs is 1. The van der Waals surface area contributed by atoms with Gasteiger partial charge >= 0.3 is 0 Å². The van der Waals surface area contributed by atoms with Crippen LogP contribution in [0, 0.1) is 0 Å². The van der Waals surface area contributed by atoms with Crippen molar-refractivity contribution in [3.63, 3.8) is 0 Å². The molecule has 2 aromatic rings. The van der Waals surface area contributed by atoms with Gasteiger partial charge in [-0.2, -0.15) is 0 Å². The lowest BCUT2D eigenvalue weighted by Crippen LogP contribution is -2.59.